The minimum atomic E-state index is -0.285. The zero-order chi connectivity index (χ0) is 12.1. The molecule has 0 aliphatic heterocycles. The zero-order valence-corrected chi connectivity index (χ0v) is 9.72. The minimum absolute atomic E-state index is 0.285. The molecule has 0 N–H and O–H groups in total. The Morgan fingerprint density at radius 3 is 2.53 bits per heavy atom. The minimum Gasteiger partial charge on any atom is -0.457 e. The third kappa shape index (κ3) is 3.18. The van der Waals surface area contributed by atoms with Gasteiger partial charge in [0.25, 0.3) is 0 Å². The molecule has 0 atom stereocenters. The maximum atomic E-state index is 11.7. The van der Waals surface area contributed by atoms with Crippen LogP contribution in [0.2, 0.25) is 0 Å². The summed E-state index contributed by atoms with van der Waals surface area (Å²) in [5.74, 6) is -0.285. The van der Waals surface area contributed by atoms with Crippen molar-refractivity contribution in [2.75, 3.05) is 0 Å². The third-order valence-corrected chi connectivity index (χ3v) is 2.46. The first kappa shape index (κ1) is 11.4. The molecule has 0 saturated heterocycles. The van der Waals surface area contributed by atoms with Crippen molar-refractivity contribution in [3.8, 4) is 0 Å². The number of rotatable bonds is 3. The molecule has 0 saturated carbocycles. The molecule has 2 aromatic rings. The fourth-order valence-corrected chi connectivity index (χ4v) is 1.61. The van der Waals surface area contributed by atoms with Gasteiger partial charge in [0.05, 0.1) is 5.56 Å². The number of aryl methyl sites for hydroxylation is 1. The van der Waals surface area contributed by atoms with E-state index in [1.807, 2.05) is 49.4 Å². The molecular formula is C15H14O2. The summed E-state index contributed by atoms with van der Waals surface area (Å²) in [6.45, 7) is 2.33. The lowest BCUT2D eigenvalue weighted by Gasteiger charge is -2.05. The molecule has 0 radical (unpaired) electrons. The van der Waals surface area contributed by atoms with Gasteiger partial charge in [-0.3, -0.25) is 0 Å². The average Bonchev–Trinajstić information content (AvgIpc) is 2.37. The standard InChI is InChI=1S/C15H14O2/c1-12-6-5-7-13(10-12)11-17-15(16)14-8-3-2-4-9-14/h2-10H,11H2,1H3. The van der Waals surface area contributed by atoms with Crippen molar-refractivity contribution in [3.63, 3.8) is 0 Å². The van der Waals surface area contributed by atoms with E-state index in [0.29, 0.717) is 12.2 Å². The van der Waals surface area contributed by atoms with E-state index in [9.17, 15) is 4.79 Å². The lowest BCUT2D eigenvalue weighted by molar-refractivity contribution is 0.0472. The second-order valence-corrected chi connectivity index (χ2v) is 3.93. The first-order chi connectivity index (χ1) is 8.25. The summed E-state index contributed by atoms with van der Waals surface area (Å²) in [7, 11) is 0. The lowest BCUT2D eigenvalue weighted by atomic mass is 10.1. The highest BCUT2D eigenvalue weighted by Gasteiger charge is 2.05. The van der Waals surface area contributed by atoms with E-state index in [1.165, 1.54) is 5.56 Å². The van der Waals surface area contributed by atoms with E-state index in [2.05, 4.69) is 0 Å². The molecule has 0 heterocycles. The summed E-state index contributed by atoms with van der Waals surface area (Å²) in [4.78, 5) is 11.7. The van der Waals surface area contributed by atoms with Crippen LogP contribution >= 0.6 is 0 Å². The molecule has 0 unspecified atom stereocenters. The van der Waals surface area contributed by atoms with Gasteiger partial charge in [-0.15, -0.1) is 0 Å². The van der Waals surface area contributed by atoms with Crippen LogP contribution in [0.5, 0.6) is 0 Å². The number of carbonyl (C=O) groups is 1. The summed E-state index contributed by atoms with van der Waals surface area (Å²) in [5.41, 5.74) is 2.76. The molecule has 0 aromatic heterocycles. The van der Waals surface area contributed by atoms with Gasteiger partial charge in [-0.2, -0.15) is 0 Å². The maximum absolute atomic E-state index is 11.7. The topological polar surface area (TPSA) is 26.3 Å². The Morgan fingerprint density at radius 2 is 1.82 bits per heavy atom. The summed E-state index contributed by atoms with van der Waals surface area (Å²) in [5, 5.41) is 0. The molecule has 0 aliphatic rings. The Labute approximate surface area is 101 Å². The highest BCUT2D eigenvalue weighted by atomic mass is 16.5. The molecule has 2 aromatic carbocycles. The average molecular weight is 226 g/mol. The van der Waals surface area contributed by atoms with Crippen molar-refractivity contribution in [1.29, 1.82) is 0 Å². The SMILES string of the molecule is Cc1cccc(COC(=O)c2ccccc2)c1. The quantitative estimate of drug-likeness (QED) is 0.750. The van der Waals surface area contributed by atoms with E-state index < -0.39 is 0 Å². The van der Waals surface area contributed by atoms with Crippen molar-refractivity contribution in [2.45, 2.75) is 13.5 Å². The van der Waals surface area contributed by atoms with E-state index in [4.69, 9.17) is 4.74 Å². The normalized spacial score (nSPS) is 9.94. The number of hydrogen-bond acceptors (Lipinski definition) is 2. The number of benzene rings is 2. The summed E-state index contributed by atoms with van der Waals surface area (Å²) >= 11 is 0. The van der Waals surface area contributed by atoms with E-state index in [-0.39, 0.29) is 5.97 Å². The van der Waals surface area contributed by atoms with E-state index in [1.54, 1.807) is 12.1 Å². The Kier molecular flexibility index (Phi) is 3.55. The zero-order valence-electron chi connectivity index (χ0n) is 9.72. The third-order valence-electron chi connectivity index (χ3n) is 2.46. The van der Waals surface area contributed by atoms with Crippen LogP contribution in [0.1, 0.15) is 21.5 Å². The van der Waals surface area contributed by atoms with E-state index >= 15 is 0 Å². The highest BCUT2D eigenvalue weighted by Crippen LogP contribution is 2.08. The van der Waals surface area contributed by atoms with E-state index in [0.717, 1.165) is 5.56 Å². The van der Waals surface area contributed by atoms with Gasteiger partial charge in [-0.1, -0.05) is 48.0 Å². The van der Waals surface area contributed by atoms with Gasteiger partial charge in [0, 0.05) is 0 Å². The number of ether oxygens (including phenoxy) is 1. The Morgan fingerprint density at radius 1 is 1.06 bits per heavy atom. The smallest absolute Gasteiger partial charge is 0.338 e. The van der Waals surface area contributed by atoms with Crippen molar-refractivity contribution in [3.05, 3.63) is 71.3 Å². The molecule has 2 nitrogen and oxygen atoms in total. The van der Waals surface area contributed by atoms with Crippen molar-refractivity contribution < 1.29 is 9.53 Å². The molecule has 17 heavy (non-hydrogen) atoms. The van der Waals surface area contributed by atoms with Gasteiger partial charge < -0.3 is 4.74 Å². The van der Waals surface area contributed by atoms with Crippen LogP contribution in [0.4, 0.5) is 0 Å². The molecule has 2 heteroatoms. The predicted molar refractivity (Wildman–Crippen MR) is 66.7 cm³/mol. The predicted octanol–water partition coefficient (Wildman–Crippen LogP) is 3.35. The lowest BCUT2D eigenvalue weighted by Crippen LogP contribution is -2.04. The van der Waals surface area contributed by atoms with Crippen LogP contribution in [0, 0.1) is 6.92 Å². The highest BCUT2D eigenvalue weighted by molar-refractivity contribution is 5.89. The summed E-state index contributed by atoms with van der Waals surface area (Å²) in [6.07, 6.45) is 0. The molecule has 0 spiro atoms. The van der Waals surface area contributed by atoms with Gasteiger partial charge in [0.2, 0.25) is 0 Å². The summed E-state index contributed by atoms with van der Waals surface area (Å²) < 4.78 is 5.23. The summed E-state index contributed by atoms with van der Waals surface area (Å²) in [6, 6.07) is 17.0. The monoisotopic (exact) mass is 226 g/mol. The van der Waals surface area contributed by atoms with Crippen LogP contribution in [-0.4, -0.2) is 5.97 Å². The molecule has 2 rings (SSSR count). The maximum Gasteiger partial charge on any atom is 0.338 e. The van der Waals surface area contributed by atoms with Crippen LogP contribution in [0.25, 0.3) is 0 Å². The van der Waals surface area contributed by atoms with Crippen LogP contribution in [0.3, 0.4) is 0 Å². The van der Waals surface area contributed by atoms with Gasteiger partial charge >= 0.3 is 5.97 Å². The Bertz CT molecular complexity index is 503. The largest absolute Gasteiger partial charge is 0.457 e. The molecule has 0 aliphatic carbocycles. The fraction of sp³-hybridized carbons (Fsp3) is 0.133. The van der Waals surface area contributed by atoms with Crippen molar-refractivity contribution >= 4 is 5.97 Å². The number of carbonyl (C=O) groups excluding carboxylic acids is 1. The van der Waals surface area contributed by atoms with Crippen LogP contribution in [0.15, 0.2) is 54.6 Å². The number of hydrogen-bond donors (Lipinski definition) is 0. The molecular weight excluding hydrogens is 212 g/mol. The van der Waals surface area contributed by atoms with Crippen LogP contribution in [-0.2, 0) is 11.3 Å². The molecule has 86 valence electrons. The molecule has 0 bridgehead atoms. The van der Waals surface area contributed by atoms with Crippen molar-refractivity contribution in [2.24, 2.45) is 0 Å². The van der Waals surface area contributed by atoms with Gasteiger partial charge in [-0.25, -0.2) is 4.79 Å². The first-order valence-electron chi connectivity index (χ1n) is 5.53. The molecule has 0 fully saturated rings. The second-order valence-electron chi connectivity index (χ2n) is 3.93. The number of esters is 1. The van der Waals surface area contributed by atoms with Crippen molar-refractivity contribution in [1.82, 2.24) is 0 Å². The molecule has 0 amide bonds. The Balaban J connectivity index is 1.97. The van der Waals surface area contributed by atoms with Gasteiger partial charge in [0.1, 0.15) is 6.61 Å². The fourth-order valence-electron chi connectivity index (χ4n) is 1.61. The first-order valence-corrected chi connectivity index (χ1v) is 5.53. The van der Waals surface area contributed by atoms with Gasteiger partial charge in [0.15, 0.2) is 0 Å². The second kappa shape index (κ2) is 5.30. The van der Waals surface area contributed by atoms with Gasteiger partial charge in [-0.05, 0) is 24.6 Å². The van der Waals surface area contributed by atoms with Crippen LogP contribution < -0.4 is 0 Å². The Hall–Kier alpha value is -2.09.